The summed E-state index contributed by atoms with van der Waals surface area (Å²) in [6.45, 7) is 12.6. The van der Waals surface area contributed by atoms with Crippen LogP contribution in [0.3, 0.4) is 0 Å². The van der Waals surface area contributed by atoms with Crippen molar-refractivity contribution in [3.05, 3.63) is 118 Å². The van der Waals surface area contributed by atoms with E-state index in [4.69, 9.17) is 4.99 Å². The first-order valence-corrected chi connectivity index (χ1v) is 17.0. The lowest BCUT2D eigenvalue weighted by molar-refractivity contribution is -0.322. The summed E-state index contributed by atoms with van der Waals surface area (Å²) in [7, 11) is 0. The molecule has 1 aromatic heterocycles. The van der Waals surface area contributed by atoms with Gasteiger partial charge in [-0.3, -0.25) is 0 Å². The van der Waals surface area contributed by atoms with Gasteiger partial charge < -0.3 is 22.9 Å². The molecule has 5 aromatic rings. The molecule has 0 aliphatic carbocycles. The van der Waals surface area contributed by atoms with Crippen LogP contribution in [0.25, 0.3) is 10.9 Å². The monoisotopic (exact) mass is 628 g/mol. The first-order valence-electron chi connectivity index (χ1n) is 17.0. The molecule has 240 valence electrons. The number of para-hydroxylation sites is 4. The minimum Gasteiger partial charge on any atom is -0.389 e. The predicted molar refractivity (Wildman–Crippen MR) is 194 cm³/mol. The van der Waals surface area contributed by atoms with E-state index in [0.717, 1.165) is 38.8 Å². The van der Waals surface area contributed by atoms with Crippen LogP contribution >= 0.6 is 0 Å². The summed E-state index contributed by atoms with van der Waals surface area (Å²) >= 11 is 0. The molecule has 2 aliphatic rings. The van der Waals surface area contributed by atoms with Crippen LogP contribution in [0, 0.1) is 0 Å². The first kappa shape index (κ1) is 31.1. The zero-order chi connectivity index (χ0) is 33.4. The molecule has 2 aliphatic heterocycles. The number of H-pyrrole nitrogens is 1. The highest BCUT2D eigenvalue weighted by Crippen LogP contribution is 2.52. The van der Waals surface area contributed by atoms with E-state index in [1.54, 1.807) is 0 Å². The molecule has 0 saturated heterocycles. The van der Waals surface area contributed by atoms with Gasteiger partial charge in [-0.05, 0) is 58.1 Å². The zero-order valence-corrected chi connectivity index (χ0v) is 28.6. The van der Waals surface area contributed by atoms with Crippen LogP contribution in [-0.4, -0.2) is 27.9 Å². The fourth-order valence-corrected chi connectivity index (χ4v) is 7.55. The fraction of sp³-hybridized carbons (Fsp3) is 0.300. The molecule has 0 amide bonds. The largest absolute Gasteiger partial charge is 0.738 e. The van der Waals surface area contributed by atoms with Gasteiger partial charge in [-0.2, -0.15) is 0 Å². The second-order valence-corrected chi connectivity index (χ2v) is 14.2. The second-order valence-electron chi connectivity index (χ2n) is 14.2. The molecule has 0 atom stereocenters. The number of aliphatic imine (C=N–C) groups is 1. The Labute approximate surface area is 276 Å². The minimum absolute atomic E-state index is 0.0410. The Morgan fingerprint density at radius 1 is 0.638 bits per heavy atom. The van der Waals surface area contributed by atoms with E-state index < -0.39 is 6.97 Å². The van der Waals surface area contributed by atoms with Gasteiger partial charge in [0.2, 0.25) is 5.71 Å². The molecule has 7 heteroatoms. The Morgan fingerprint density at radius 2 is 1.17 bits per heavy atom. The quantitative estimate of drug-likeness (QED) is 0.187. The summed E-state index contributed by atoms with van der Waals surface area (Å²) in [6, 6.07) is 27.7. The van der Waals surface area contributed by atoms with Gasteiger partial charge >= 0.3 is 6.97 Å². The molecule has 47 heavy (non-hydrogen) atoms. The van der Waals surface area contributed by atoms with E-state index in [-0.39, 0.29) is 23.7 Å². The van der Waals surface area contributed by atoms with E-state index in [9.17, 15) is 0 Å². The summed E-state index contributed by atoms with van der Waals surface area (Å²) in [5.74, 6) is 0.506. The fourth-order valence-electron chi connectivity index (χ4n) is 7.55. The SMILES string of the molecule is CC(C)c1cccc(C(C)C)c1N=C1C2=[N+](c3ccccc31)[B-](F)(F)N(c1c(C(C)C)cccc1C(C)C)c1c2[nH]c2ccccc12. The average molecular weight is 629 g/mol. The van der Waals surface area contributed by atoms with E-state index >= 15 is 8.63 Å². The van der Waals surface area contributed by atoms with Crippen molar-refractivity contribution in [1.29, 1.82) is 0 Å². The Morgan fingerprint density at radius 3 is 1.77 bits per heavy atom. The van der Waals surface area contributed by atoms with E-state index in [1.165, 1.54) is 9.30 Å². The molecule has 0 spiro atoms. The lowest BCUT2D eigenvalue weighted by atomic mass is 9.81. The summed E-state index contributed by atoms with van der Waals surface area (Å²) in [5, 5.41) is 0.769. The molecule has 0 saturated carbocycles. The molecule has 0 fully saturated rings. The van der Waals surface area contributed by atoms with Gasteiger partial charge in [0, 0.05) is 22.7 Å². The summed E-state index contributed by atoms with van der Waals surface area (Å²) in [4.78, 5) is 10.4. The van der Waals surface area contributed by atoms with E-state index in [0.29, 0.717) is 39.7 Å². The molecule has 4 nitrogen and oxygen atoms in total. The molecule has 0 unspecified atom stereocenters. The number of aromatic amines is 1. The number of nitrogens with one attached hydrogen (secondary N) is 1. The van der Waals surface area contributed by atoms with Gasteiger partial charge in [-0.25, -0.2) is 4.99 Å². The van der Waals surface area contributed by atoms with Crippen LogP contribution in [0.1, 0.15) is 113 Å². The van der Waals surface area contributed by atoms with E-state index in [1.807, 2.05) is 66.7 Å². The van der Waals surface area contributed by atoms with Crippen molar-refractivity contribution in [2.75, 3.05) is 4.81 Å². The molecule has 4 aromatic carbocycles. The number of fused-ring (bicyclic) bond motifs is 6. The Kier molecular flexibility index (Phi) is 7.49. The van der Waals surface area contributed by atoms with Crippen molar-refractivity contribution in [3.63, 3.8) is 0 Å². The zero-order valence-electron chi connectivity index (χ0n) is 28.6. The van der Waals surface area contributed by atoms with Gasteiger partial charge in [0.05, 0.1) is 16.9 Å². The van der Waals surface area contributed by atoms with Crippen LogP contribution in [0.5, 0.6) is 0 Å². The summed E-state index contributed by atoms with van der Waals surface area (Å²) in [6.07, 6.45) is 0. The highest BCUT2D eigenvalue weighted by atomic mass is 19.2. The van der Waals surface area contributed by atoms with E-state index in [2.05, 4.69) is 78.6 Å². The first-order chi connectivity index (χ1) is 22.4. The predicted octanol–water partition coefficient (Wildman–Crippen LogP) is 11.5. The minimum atomic E-state index is -4.39. The smallest absolute Gasteiger partial charge is 0.389 e. The second kappa shape index (κ2) is 11.3. The molecule has 3 heterocycles. The maximum absolute atomic E-state index is 18.1. The highest BCUT2D eigenvalue weighted by molar-refractivity contribution is 6.71. The van der Waals surface area contributed by atoms with Crippen LogP contribution in [-0.2, 0) is 0 Å². The number of nitrogens with zero attached hydrogens (tertiary/aromatic N) is 3. The van der Waals surface area contributed by atoms with Crippen molar-refractivity contribution in [2.45, 2.75) is 79.1 Å². The van der Waals surface area contributed by atoms with Gasteiger partial charge in [-0.15, -0.1) is 0 Å². The van der Waals surface area contributed by atoms with Gasteiger partial charge in [-0.1, -0.05) is 122 Å². The van der Waals surface area contributed by atoms with Crippen LogP contribution in [0.4, 0.5) is 31.4 Å². The standard InChI is InChI=1S/C40H43BF2N4/c1-23(2)27-17-13-18-28(24(3)4)35(27)45-36-32-16-10-12-22-34(32)46-40(36)37-39(31-15-9-11-21-33(31)44-37)47(41(46,42)43)38-29(25(5)6)19-14-20-30(38)26(7)8/h9-26,44H,1-8H3. The number of halogens is 2. The number of hydrogen-bond donors (Lipinski definition) is 1. The van der Waals surface area contributed by atoms with Crippen molar-refractivity contribution in [3.8, 4) is 0 Å². The topological polar surface area (TPSA) is 34.4 Å². The number of anilines is 2. The van der Waals surface area contributed by atoms with Crippen molar-refractivity contribution < 1.29 is 13.1 Å². The number of benzene rings is 4. The van der Waals surface area contributed by atoms with Gasteiger partial charge in [0.15, 0.2) is 5.69 Å². The number of hydrogen-bond acceptors (Lipinski definition) is 2. The molecular formula is C40H43BF2N4. The highest BCUT2D eigenvalue weighted by Gasteiger charge is 2.61. The molecule has 0 bridgehead atoms. The van der Waals surface area contributed by atoms with Crippen LogP contribution < -0.4 is 4.81 Å². The molecule has 1 N–H and O–H groups in total. The Balaban J connectivity index is 1.63. The number of aromatic nitrogens is 1. The van der Waals surface area contributed by atoms with Crippen molar-refractivity contribution >= 4 is 52.0 Å². The van der Waals surface area contributed by atoms with Crippen molar-refractivity contribution in [1.82, 2.24) is 4.98 Å². The lowest BCUT2D eigenvalue weighted by Crippen LogP contribution is -2.57. The third-order valence-corrected chi connectivity index (χ3v) is 9.81. The van der Waals surface area contributed by atoms with Crippen LogP contribution in [0.2, 0.25) is 0 Å². The van der Waals surface area contributed by atoms with Gasteiger partial charge in [0.25, 0.3) is 0 Å². The Hall–Kier alpha value is -4.52. The van der Waals surface area contributed by atoms with Crippen LogP contribution in [0.15, 0.2) is 89.9 Å². The lowest BCUT2D eigenvalue weighted by Gasteiger charge is -2.42. The number of rotatable bonds is 6. The summed E-state index contributed by atoms with van der Waals surface area (Å²) in [5.41, 5.74) is 9.69. The maximum atomic E-state index is 18.1. The average Bonchev–Trinajstić information content (AvgIpc) is 3.57. The van der Waals surface area contributed by atoms with Crippen molar-refractivity contribution in [2.24, 2.45) is 4.99 Å². The molecular weight excluding hydrogens is 585 g/mol. The molecule has 0 radical (unpaired) electrons. The summed E-state index contributed by atoms with van der Waals surface area (Å²) < 4.78 is 37.5. The normalized spacial score (nSPS) is 16.3. The third-order valence-electron chi connectivity index (χ3n) is 9.81. The Bertz CT molecular complexity index is 2050. The van der Waals surface area contributed by atoms with Gasteiger partial charge in [0.1, 0.15) is 11.4 Å². The molecule has 7 rings (SSSR count). The third kappa shape index (κ3) is 4.69. The maximum Gasteiger partial charge on any atom is 0.738 e.